The van der Waals surface area contributed by atoms with E-state index >= 15 is 0 Å². The van der Waals surface area contributed by atoms with Crippen LogP contribution in [0.25, 0.3) is 0 Å². The molecule has 0 bridgehead atoms. The summed E-state index contributed by atoms with van der Waals surface area (Å²) in [7, 11) is 0. The Hall–Kier alpha value is -0.930. The van der Waals surface area contributed by atoms with Crippen molar-refractivity contribution in [3.05, 3.63) is 69.2 Å². The average molecular weight is 346 g/mol. The minimum Gasteiger partial charge on any atom is -0.206 e. The zero-order chi connectivity index (χ0) is 14.0. The van der Waals surface area contributed by atoms with E-state index in [1.54, 1.807) is 0 Å². The van der Waals surface area contributed by atoms with Crippen molar-refractivity contribution in [2.75, 3.05) is 0 Å². The van der Waals surface area contributed by atoms with Gasteiger partial charge in [-0.05, 0) is 36.6 Å². The second kappa shape index (κ2) is 6.02. The van der Waals surface area contributed by atoms with E-state index < -0.39 is 17.0 Å². The number of benzene rings is 2. The first-order valence-corrected chi connectivity index (χ1v) is 7.05. The zero-order valence-corrected chi connectivity index (χ0v) is 12.6. The van der Waals surface area contributed by atoms with Crippen molar-refractivity contribution in [3.8, 4) is 0 Å². The molecule has 0 aliphatic heterocycles. The molecule has 0 aliphatic carbocycles. The van der Waals surface area contributed by atoms with Gasteiger partial charge in [-0.1, -0.05) is 40.2 Å². The Morgan fingerprint density at radius 1 is 1.16 bits per heavy atom. The van der Waals surface area contributed by atoms with Crippen molar-refractivity contribution in [2.24, 2.45) is 0 Å². The lowest BCUT2D eigenvalue weighted by Crippen LogP contribution is -2.04. The van der Waals surface area contributed by atoms with E-state index in [1.807, 2.05) is 31.2 Å². The monoisotopic (exact) mass is 344 g/mol. The van der Waals surface area contributed by atoms with Crippen molar-refractivity contribution in [2.45, 2.75) is 18.7 Å². The van der Waals surface area contributed by atoms with Gasteiger partial charge in [0.1, 0.15) is 11.6 Å². The van der Waals surface area contributed by atoms with Gasteiger partial charge in [-0.25, -0.2) is 8.78 Å². The van der Waals surface area contributed by atoms with E-state index in [-0.39, 0.29) is 5.56 Å². The van der Waals surface area contributed by atoms with Gasteiger partial charge in [0.2, 0.25) is 0 Å². The van der Waals surface area contributed by atoms with Crippen molar-refractivity contribution in [1.29, 1.82) is 0 Å². The van der Waals surface area contributed by atoms with Gasteiger partial charge in [-0.2, -0.15) is 0 Å². The molecule has 0 saturated heterocycles. The SMILES string of the molecule is Cc1ccccc1CC(Cl)c1c(F)cc(Br)cc1F. The Morgan fingerprint density at radius 3 is 2.32 bits per heavy atom. The molecule has 0 nitrogen and oxygen atoms in total. The van der Waals surface area contributed by atoms with Crippen molar-refractivity contribution in [1.82, 2.24) is 0 Å². The highest BCUT2D eigenvalue weighted by Gasteiger charge is 2.19. The number of halogens is 4. The fourth-order valence-corrected chi connectivity index (χ4v) is 2.76. The summed E-state index contributed by atoms with van der Waals surface area (Å²) in [5.41, 5.74) is 1.98. The smallest absolute Gasteiger partial charge is 0.131 e. The van der Waals surface area contributed by atoms with Gasteiger partial charge in [-0.3, -0.25) is 0 Å². The lowest BCUT2D eigenvalue weighted by Gasteiger charge is -2.14. The zero-order valence-electron chi connectivity index (χ0n) is 10.3. The van der Waals surface area contributed by atoms with Gasteiger partial charge in [0, 0.05) is 10.0 Å². The number of hydrogen-bond acceptors (Lipinski definition) is 0. The fourth-order valence-electron chi connectivity index (χ4n) is 1.99. The molecule has 0 radical (unpaired) electrons. The van der Waals surface area contributed by atoms with Crippen LogP contribution in [0.3, 0.4) is 0 Å². The fraction of sp³-hybridized carbons (Fsp3) is 0.200. The van der Waals surface area contributed by atoms with Crippen LogP contribution >= 0.6 is 27.5 Å². The summed E-state index contributed by atoms with van der Waals surface area (Å²) >= 11 is 9.23. The summed E-state index contributed by atoms with van der Waals surface area (Å²) < 4.78 is 28.0. The lowest BCUT2D eigenvalue weighted by atomic mass is 9.99. The Kier molecular flexibility index (Phi) is 4.58. The summed E-state index contributed by atoms with van der Waals surface area (Å²) in [6.07, 6.45) is 0.393. The Balaban J connectivity index is 2.31. The molecular weight excluding hydrogens is 334 g/mol. The first-order valence-electron chi connectivity index (χ1n) is 5.82. The van der Waals surface area contributed by atoms with Gasteiger partial charge in [0.25, 0.3) is 0 Å². The molecule has 0 aromatic heterocycles. The molecule has 0 fully saturated rings. The minimum absolute atomic E-state index is 0.0758. The van der Waals surface area contributed by atoms with Crippen molar-refractivity contribution < 1.29 is 8.78 Å². The summed E-state index contributed by atoms with van der Waals surface area (Å²) in [5.74, 6) is -1.25. The molecule has 0 heterocycles. The normalized spacial score (nSPS) is 12.5. The molecule has 4 heteroatoms. The predicted molar refractivity (Wildman–Crippen MR) is 77.5 cm³/mol. The third-order valence-electron chi connectivity index (χ3n) is 3.02. The Morgan fingerprint density at radius 2 is 1.74 bits per heavy atom. The van der Waals surface area contributed by atoms with Crippen LogP contribution in [0.1, 0.15) is 22.1 Å². The van der Waals surface area contributed by atoms with Gasteiger partial charge >= 0.3 is 0 Å². The molecular formula is C15H12BrClF2. The molecule has 2 aromatic carbocycles. The maximum absolute atomic E-state index is 13.8. The maximum Gasteiger partial charge on any atom is 0.131 e. The molecule has 0 saturated carbocycles. The topological polar surface area (TPSA) is 0 Å². The van der Waals surface area contributed by atoms with E-state index in [1.165, 1.54) is 12.1 Å². The van der Waals surface area contributed by atoms with Crippen molar-refractivity contribution >= 4 is 27.5 Å². The van der Waals surface area contributed by atoms with E-state index in [4.69, 9.17) is 11.6 Å². The highest BCUT2D eigenvalue weighted by atomic mass is 79.9. The predicted octanol–water partition coefficient (Wildman–Crippen LogP) is 5.56. The molecule has 1 atom stereocenters. The average Bonchev–Trinajstić information content (AvgIpc) is 2.30. The molecule has 2 rings (SSSR count). The van der Waals surface area contributed by atoms with Crippen LogP contribution in [-0.2, 0) is 6.42 Å². The third-order valence-corrected chi connectivity index (χ3v) is 3.85. The number of rotatable bonds is 3. The molecule has 0 N–H and O–H groups in total. The minimum atomic E-state index is -0.728. The van der Waals surface area contributed by atoms with Crippen LogP contribution in [0.5, 0.6) is 0 Å². The quantitative estimate of drug-likeness (QED) is 0.639. The number of aryl methyl sites for hydroxylation is 1. The molecule has 0 amide bonds. The van der Waals surface area contributed by atoms with Crippen molar-refractivity contribution in [3.63, 3.8) is 0 Å². The van der Waals surface area contributed by atoms with Crippen LogP contribution in [-0.4, -0.2) is 0 Å². The van der Waals surface area contributed by atoms with Crippen LogP contribution in [0.4, 0.5) is 8.78 Å². The second-order valence-corrected chi connectivity index (χ2v) is 5.82. The van der Waals surface area contributed by atoms with Gasteiger partial charge in [0.15, 0.2) is 0 Å². The first kappa shape index (κ1) is 14.5. The van der Waals surface area contributed by atoms with Crippen LogP contribution in [0, 0.1) is 18.6 Å². The Labute approximate surface area is 124 Å². The highest BCUT2D eigenvalue weighted by Crippen LogP contribution is 2.32. The van der Waals surface area contributed by atoms with Gasteiger partial charge in [0.05, 0.1) is 5.38 Å². The molecule has 2 aromatic rings. The summed E-state index contributed by atoms with van der Waals surface area (Å²) in [6.45, 7) is 1.95. The van der Waals surface area contributed by atoms with E-state index in [9.17, 15) is 8.78 Å². The van der Waals surface area contributed by atoms with Crippen LogP contribution in [0.2, 0.25) is 0 Å². The third kappa shape index (κ3) is 3.34. The largest absolute Gasteiger partial charge is 0.206 e. The summed E-state index contributed by atoms with van der Waals surface area (Å²) in [4.78, 5) is 0. The van der Waals surface area contributed by atoms with Crippen LogP contribution < -0.4 is 0 Å². The summed E-state index contributed by atoms with van der Waals surface area (Å²) in [5, 5.41) is -0.728. The van der Waals surface area contributed by atoms with Gasteiger partial charge < -0.3 is 0 Å². The number of alkyl halides is 1. The molecule has 0 aliphatic rings. The molecule has 0 spiro atoms. The van der Waals surface area contributed by atoms with E-state index in [0.717, 1.165) is 11.1 Å². The molecule has 100 valence electrons. The highest BCUT2D eigenvalue weighted by molar-refractivity contribution is 9.10. The first-order chi connectivity index (χ1) is 8.99. The van der Waals surface area contributed by atoms with E-state index in [2.05, 4.69) is 15.9 Å². The lowest BCUT2D eigenvalue weighted by molar-refractivity contribution is 0.549. The van der Waals surface area contributed by atoms with Gasteiger partial charge in [-0.15, -0.1) is 11.6 Å². The number of hydrogen-bond donors (Lipinski definition) is 0. The van der Waals surface area contributed by atoms with E-state index in [0.29, 0.717) is 10.9 Å². The second-order valence-electron chi connectivity index (χ2n) is 4.38. The maximum atomic E-state index is 13.8. The van der Waals surface area contributed by atoms with Crippen LogP contribution in [0.15, 0.2) is 40.9 Å². The molecule has 19 heavy (non-hydrogen) atoms. The molecule has 1 unspecified atom stereocenters. The summed E-state index contributed by atoms with van der Waals surface area (Å²) in [6, 6.07) is 10.1. The standard InChI is InChI=1S/C15H12BrClF2/c1-9-4-2-3-5-10(9)6-12(17)15-13(18)7-11(16)8-14(15)19/h2-5,7-8,12H,6H2,1H3. The Bertz CT molecular complexity index is 575.